The van der Waals surface area contributed by atoms with Gasteiger partial charge in [0.2, 0.25) is 0 Å². The number of benzene rings is 1. The van der Waals surface area contributed by atoms with Crippen LogP contribution >= 0.6 is 11.6 Å². The molecule has 2 atom stereocenters. The lowest BCUT2D eigenvalue weighted by Gasteiger charge is -2.32. The van der Waals surface area contributed by atoms with Gasteiger partial charge in [-0.25, -0.2) is 0 Å². The van der Waals surface area contributed by atoms with Gasteiger partial charge in [-0.05, 0) is 50.5 Å². The average Bonchev–Trinajstić information content (AvgIpc) is 2.67. The molecule has 0 saturated carbocycles. The highest BCUT2D eigenvalue weighted by Gasteiger charge is 2.26. The van der Waals surface area contributed by atoms with Gasteiger partial charge in [0.15, 0.2) is 0 Å². The predicted octanol–water partition coefficient (Wildman–Crippen LogP) is 5.79. The smallest absolute Gasteiger partial charge is 0.144 e. The third kappa shape index (κ3) is 6.51. The zero-order chi connectivity index (χ0) is 23.1. The number of aromatic hydroxyl groups is 1. The summed E-state index contributed by atoms with van der Waals surface area (Å²) in [5, 5.41) is 15.1. The minimum absolute atomic E-state index is 0.0139. The highest BCUT2D eigenvalue weighted by Crippen LogP contribution is 2.41. The van der Waals surface area contributed by atoms with Gasteiger partial charge < -0.3 is 20.4 Å². The van der Waals surface area contributed by atoms with Gasteiger partial charge in [0.25, 0.3) is 0 Å². The Hall–Kier alpha value is -1.98. The molecule has 3 N–H and O–H groups in total. The second-order valence-electron chi connectivity index (χ2n) is 8.46. The molecule has 1 rings (SSSR count). The first-order valence-corrected chi connectivity index (χ1v) is 10.6. The van der Waals surface area contributed by atoms with E-state index in [1.54, 1.807) is 14.0 Å². The molecule has 0 aliphatic carbocycles. The topological polar surface area (TPSA) is 77.1 Å². The Bertz CT molecular complexity index is 813. The van der Waals surface area contributed by atoms with Crippen molar-refractivity contribution in [3.63, 3.8) is 0 Å². The van der Waals surface area contributed by atoms with Crippen molar-refractivity contribution in [2.45, 2.75) is 60.4 Å². The van der Waals surface area contributed by atoms with E-state index in [9.17, 15) is 5.11 Å². The third-order valence-electron chi connectivity index (χ3n) is 5.67. The number of nitrogens with zero attached hydrogens (tertiary/aromatic N) is 1. The van der Waals surface area contributed by atoms with Crippen LogP contribution in [0.3, 0.4) is 0 Å². The van der Waals surface area contributed by atoms with Crippen molar-refractivity contribution in [2.24, 2.45) is 22.2 Å². The maximum atomic E-state index is 10.8. The molecular weight excluding hydrogens is 400 g/mol. The lowest BCUT2D eigenvalue weighted by molar-refractivity contribution is 0.215. The van der Waals surface area contributed by atoms with Crippen LogP contribution in [0.5, 0.6) is 11.5 Å². The van der Waals surface area contributed by atoms with Crippen molar-refractivity contribution in [1.29, 1.82) is 0 Å². The van der Waals surface area contributed by atoms with Crippen molar-refractivity contribution in [1.82, 2.24) is 0 Å². The molecule has 1 aromatic rings. The number of oxime groups is 1. The molecule has 0 fully saturated rings. The van der Waals surface area contributed by atoms with Crippen LogP contribution in [0.2, 0.25) is 5.02 Å². The molecule has 0 aliphatic rings. The summed E-state index contributed by atoms with van der Waals surface area (Å²) in [5.41, 5.74) is 8.96. The van der Waals surface area contributed by atoms with Crippen molar-refractivity contribution >= 4 is 17.8 Å². The van der Waals surface area contributed by atoms with Gasteiger partial charge in [0.1, 0.15) is 18.6 Å². The maximum Gasteiger partial charge on any atom is 0.144 e. The van der Waals surface area contributed by atoms with Crippen molar-refractivity contribution in [3.8, 4) is 11.5 Å². The molecule has 5 nitrogen and oxygen atoms in total. The predicted molar refractivity (Wildman–Crippen MR) is 127 cm³/mol. The van der Waals surface area contributed by atoms with Crippen LogP contribution in [0, 0.1) is 18.3 Å². The lowest BCUT2D eigenvalue weighted by atomic mass is 9.74. The number of phenolic OH excluding ortho intramolecular Hbond substituents is 1. The summed E-state index contributed by atoms with van der Waals surface area (Å²) >= 11 is 6.49. The Morgan fingerprint density at radius 2 is 1.93 bits per heavy atom. The van der Waals surface area contributed by atoms with E-state index < -0.39 is 0 Å². The first-order valence-electron chi connectivity index (χ1n) is 10.2. The zero-order valence-corrected chi connectivity index (χ0v) is 20.3. The number of ether oxygens (including phenoxy) is 1. The number of phenols is 1. The summed E-state index contributed by atoms with van der Waals surface area (Å²) in [6.07, 6.45) is 9.24. The van der Waals surface area contributed by atoms with Crippen molar-refractivity contribution in [3.05, 3.63) is 45.5 Å². The molecule has 0 aromatic heterocycles. The van der Waals surface area contributed by atoms with Gasteiger partial charge in [0.05, 0.1) is 18.3 Å². The summed E-state index contributed by atoms with van der Waals surface area (Å²) in [4.78, 5) is 4.75. The molecule has 0 radical (unpaired) electrons. The number of rotatable bonds is 10. The van der Waals surface area contributed by atoms with E-state index >= 15 is 0 Å². The SMILES string of the molecule is CO/N=C/c1c(C)c(Cl)c(OC)c(C/C=C(C)/C=C/C(C)(CC(C)N)C(C)C)c1O. The molecule has 1 aromatic carbocycles. The number of methoxy groups -OCH3 is 1. The van der Waals surface area contributed by atoms with Gasteiger partial charge in [-0.1, -0.05) is 61.3 Å². The minimum atomic E-state index is 0.0139. The molecule has 168 valence electrons. The van der Waals surface area contributed by atoms with Crippen LogP contribution < -0.4 is 10.5 Å². The average molecular weight is 437 g/mol. The van der Waals surface area contributed by atoms with Crippen molar-refractivity contribution in [2.75, 3.05) is 14.2 Å². The maximum absolute atomic E-state index is 10.8. The molecule has 0 amide bonds. The standard InChI is InChI=1S/C24H37ClN2O3/c1-15(2)24(6,13-17(4)26)12-11-16(3)9-10-19-22(28)20(14-27-30-8)18(5)21(25)23(19)29-7/h9,11-12,14-15,17,28H,10,13,26H2,1-8H3/b12-11+,16-9+,27-14+. The summed E-state index contributed by atoms with van der Waals surface area (Å²) in [6, 6.07) is 0.134. The Morgan fingerprint density at radius 3 is 2.43 bits per heavy atom. The second kappa shape index (κ2) is 11.4. The van der Waals surface area contributed by atoms with Crippen LogP contribution in [0.15, 0.2) is 29.0 Å². The Morgan fingerprint density at radius 1 is 1.30 bits per heavy atom. The summed E-state index contributed by atoms with van der Waals surface area (Å²) in [7, 11) is 2.99. The lowest BCUT2D eigenvalue weighted by Crippen LogP contribution is -2.30. The van der Waals surface area contributed by atoms with E-state index in [1.807, 2.05) is 19.9 Å². The van der Waals surface area contributed by atoms with Crippen LogP contribution in [0.1, 0.15) is 57.7 Å². The summed E-state index contributed by atoms with van der Waals surface area (Å²) in [5.74, 6) is 1.03. The molecule has 2 unspecified atom stereocenters. The Kier molecular flexibility index (Phi) is 9.92. The molecule has 0 saturated heterocycles. The van der Waals surface area contributed by atoms with Crippen LogP contribution in [0.4, 0.5) is 0 Å². The zero-order valence-electron chi connectivity index (χ0n) is 19.5. The molecular formula is C24H37ClN2O3. The molecule has 6 heteroatoms. The highest BCUT2D eigenvalue weighted by atomic mass is 35.5. The van der Waals surface area contributed by atoms with Crippen LogP contribution in [-0.2, 0) is 11.3 Å². The molecule has 0 bridgehead atoms. The monoisotopic (exact) mass is 436 g/mol. The molecule has 0 spiro atoms. The largest absolute Gasteiger partial charge is 0.507 e. The fraction of sp³-hybridized carbons (Fsp3) is 0.542. The van der Waals surface area contributed by atoms with Gasteiger partial charge in [0, 0.05) is 17.2 Å². The fourth-order valence-corrected chi connectivity index (χ4v) is 3.67. The van der Waals surface area contributed by atoms with Crippen molar-refractivity contribution < 1.29 is 14.7 Å². The first kappa shape index (κ1) is 26.1. The van der Waals surface area contributed by atoms with E-state index in [1.165, 1.54) is 13.3 Å². The van der Waals surface area contributed by atoms with Gasteiger partial charge in [-0.2, -0.15) is 0 Å². The van der Waals surface area contributed by atoms with E-state index in [0.29, 0.717) is 39.8 Å². The van der Waals surface area contributed by atoms with Gasteiger partial charge in [-0.3, -0.25) is 0 Å². The van der Waals surface area contributed by atoms with E-state index in [2.05, 4.69) is 38.1 Å². The quantitative estimate of drug-likeness (QED) is 0.276. The highest BCUT2D eigenvalue weighted by molar-refractivity contribution is 6.33. The number of nitrogens with two attached hydrogens (primary N) is 1. The fourth-order valence-electron chi connectivity index (χ4n) is 3.38. The number of halogens is 1. The molecule has 0 aliphatic heterocycles. The van der Waals surface area contributed by atoms with Gasteiger partial charge >= 0.3 is 0 Å². The normalized spacial score (nSPS) is 15.8. The number of hydrogen-bond donors (Lipinski definition) is 2. The van der Waals surface area contributed by atoms with Crippen LogP contribution in [0.25, 0.3) is 0 Å². The third-order valence-corrected chi connectivity index (χ3v) is 6.13. The van der Waals surface area contributed by atoms with E-state index in [0.717, 1.165) is 12.0 Å². The van der Waals surface area contributed by atoms with Crippen LogP contribution in [-0.4, -0.2) is 31.6 Å². The minimum Gasteiger partial charge on any atom is -0.507 e. The number of hydrogen-bond acceptors (Lipinski definition) is 5. The Balaban J connectivity index is 3.27. The molecule has 30 heavy (non-hydrogen) atoms. The summed E-state index contributed by atoms with van der Waals surface area (Å²) < 4.78 is 5.49. The van der Waals surface area contributed by atoms with E-state index in [-0.39, 0.29) is 17.2 Å². The second-order valence-corrected chi connectivity index (χ2v) is 8.84. The van der Waals surface area contributed by atoms with E-state index in [4.69, 9.17) is 26.9 Å². The Labute approximate surface area is 186 Å². The number of allylic oxidation sites excluding steroid dienone is 4. The summed E-state index contributed by atoms with van der Waals surface area (Å²) in [6.45, 7) is 12.5. The first-order chi connectivity index (χ1) is 14.0. The molecule has 0 heterocycles. The van der Waals surface area contributed by atoms with Gasteiger partial charge in [-0.15, -0.1) is 0 Å².